The number of aliphatic hydroxyl groups excluding tert-OH is 2. The van der Waals surface area contributed by atoms with Gasteiger partial charge in [-0.3, -0.25) is 4.79 Å². The van der Waals surface area contributed by atoms with Gasteiger partial charge in [0.25, 0.3) is 0 Å². The topological polar surface area (TPSA) is 149 Å². The maximum atomic E-state index is 13.1. The molecule has 4 N–H and O–H groups in total. The maximum absolute atomic E-state index is 13.1. The molecule has 2 rings (SSSR count). The molecule has 0 spiro atoms. The van der Waals surface area contributed by atoms with E-state index in [1.807, 2.05) is 34.7 Å². The van der Waals surface area contributed by atoms with Crippen LogP contribution in [0.4, 0.5) is 4.79 Å². The molecule has 2 aliphatic rings. The molecule has 47 heavy (non-hydrogen) atoms. The zero-order valence-electron chi connectivity index (χ0n) is 30.1. The van der Waals surface area contributed by atoms with Gasteiger partial charge in [-0.2, -0.15) is 0 Å². The van der Waals surface area contributed by atoms with Crippen LogP contribution in [0.3, 0.4) is 0 Å². The minimum absolute atomic E-state index is 0.0157. The second-order valence-electron chi connectivity index (χ2n) is 14.3. The van der Waals surface area contributed by atoms with Crippen molar-refractivity contribution in [2.45, 2.75) is 122 Å². The molecule has 0 aliphatic carbocycles. The SMILES string of the molecule is CCC(OC)C(C)C(C)C(O)CC(C)(O)/C=C/C=C(\C)C1OC(=O)CC(O)CCC(C)(O)C(OC(=O)N2CCN(C)CC2)/C=C/C1C. The Balaban J connectivity index is 2.25. The van der Waals surface area contributed by atoms with Crippen molar-refractivity contribution in [3.05, 3.63) is 36.0 Å². The third kappa shape index (κ3) is 12.9. The Morgan fingerprint density at radius 3 is 2.45 bits per heavy atom. The highest BCUT2D eigenvalue weighted by Gasteiger charge is 2.37. The van der Waals surface area contributed by atoms with E-state index >= 15 is 0 Å². The number of carbonyl (C=O) groups is 2. The van der Waals surface area contributed by atoms with Crippen LogP contribution in [0.25, 0.3) is 0 Å². The Hall–Kier alpha value is -2.28. The third-order valence-corrected chi connectivity index (χ3v) is 9.93. The molecule has 270 valence electrons. The summed E-state index contributed by atoms with van der Waals surface area (Å²) >= 11 is 0. The van der Waals surface area contributed by atoms with Crippen molar-refractivity contribution in [3.8, 4) is 0 Å². The van der Waals surface area contributed by atoms with Crippen molar-refractivity contribution in [1.29, 1.82) is 0 Å². The van der Waals surface area contributed by atoms with E-state index in [4.69, 9.17) is 14.2 Å². The number of esters is 1. The van der Waals surface area contributed by atoms with Crippen LogP contribution in [-0.4, -0.2) is 124 Å². The quantitative estimate of drug-likeness (QED) is 0.146. The van der Waals surface area contributed by atoms with E-state index in [1.165, 1.54) is 0 Å². The lowest BCUT2D eigenvalue weighted by Crippen LogP contribution is -2.50. The Labute approximate surface area is 282 Å². The fraction of sp³-hybridized carbons (Fsp3) is 0.778. The van der Waals surface area contributed by atoms with Gasteiger partial charge in [0.1, 0.15) is 11.7 Å². The number of methoxy groups -OCH3 is 1. The molecule has 1 amide bonds. The lowest BCUT2D eigenvalue weighted by Gasteiger charge is -2.36. The molecule has 1 fully saturated rings. The average molecular weight is 667 g/mol. The molecule has 0 bridgehead atoms. The summed E-state index contributed by atoms with van der Waals surface area (Å²) in [5, 5.41) is 43.9. The summed E-state index contributed by atoms with van der Waals surface area (Å²) < 4.78 is 17.2. The van der Waals surface area contributed by atoms with Gasteiger partial charge in [-0.15, -0.1) is 0 Å². The number of allylic oxidation sites excluding steroid dienone is 2. The molecule has 0 aromatic heterocycles. The fourth-order valence-corrected chi connectivity index (χ4v) is 6.24. The number of cyclic esters (lactones) is 1. The van der Waals surface area contributed by atoms with Crippen LogP contribution in [0, 0.1) is 17.8 Å². The maximum Gasteiger partial charge on any atom is 0.410 e. The highest BCUT2D eigenvalue weighted by Crippen LogP contribution is 2.29. The third-order valence-electron chi connectivity index (χ3n) is 9.93. The summed E-state index contributed by atoms with van der Waals surface area (Å²) in [6.45, 7) is 15.4. The zero-order chi connectivity index (χ0) is 35.5. The number of hydrogen-bond acceptors (Lipinski definition) is 10. The molecule has 1 saturated heterocycles. The number of ether oxygens (including phenoxy) is 3. The molecule has 11 heteroatoms. The van der Waals surface area contributed by atoms with Gasteiger partial charge in [-0.05, 0) is 70.6 Å². The number of carbonyl (C=O) groups excluding carboxylic acids is 2. The van der Waals surface area contributed by atoms with Crippen molar-refractivity contribution < 1.29 is 44.2 Å². The van der Waals surface area contributed by atoms with Crippen LogP contribution < -0.4 is 0 Å². The molecule has 2 aliphatic heterocycles. The van der Waals surface area contributed by atoms with Crippen molar-refractivity contribution in [1.82, 2.24) is 9.80 Å². The molecule has 2 heterocycles. The molecular formula is C36H62N2O9. The predicted molar refractivity (Wildman–Crippen MR) is 182 cm³/mol. The second-order valence-corrected chi connectivity index (χ2v) is 14.3. The molecule has 10 atom stereocenters. The van der Waals surface area contributed by atoms with E-state index in [0.29, 0.717) is 18.7 Å². The van der Waals surface area contributed by atoms with Gasteiger partial charge in [0.05, 0.1) is 30.3 Å². The van der Waals surface area contributed by atoms with Gasteiger partial charge >= 0.3 is 12.1 Å². The first kappa shape index (κ1) is 40.9. The highest BCUT2D eigenvalue weighted by atomic mass is 16.6. The highest BCUT2D eigenvalue weighted by molar-refractivity contribution is 5.70. The monoisotopic (exact) mass is 666 g/mol. The van der Waals surface area contributed by atoms with Crippen LogP contribution in [0.5, 0.6) is 0 Å². The van der Waals surface area contributed by atoms with Crippen LogP contribution in [-0.2, 0) is 19.0 Å². The lowest BCUT2D eigenvalue weighted by molar-refractivity contribution is -0.151. The molecule has 10 unspecified atom stereocenters. The van der Waals surface area contributed by atoms with Crippen molar-refractivity contribution >= 4 is 12.1 Å². The first-order chi connectivity index (χ1) is 21.9. The second kappa shape index (κ2) is 18.5. The van der Waals surface area contributed by atoms with Crippen molar-refractivity contribution in [2.75, 3.05) is 40.3 Å². The van der Waals surface area contributed by atoms with E-state index in [9.17, 15) is 30.0 Å². The predicted octanol–water partition coefficient (Wildman–Crippen LogP) is 3.84. The van der Waals surface area contributed by atoms with Crippen LogP contribution >= 0.6 is 0 Å². The summed E-state index contributed by atoms with van der Waals surface area (Å²) in [5.74, 6) is -0.958. The van der Waals surface area contributed by atoms with Crippen molar-refractivity contribution in [2.24, 2.45) is 17.8 Å². The van der Waals surface area contributed by atoms with Crippen molar-refractivity contribution in [3.63, 3.8) is 0 Å². The summed E-state index contributed by atoms with van der Waals surface area (Å²) in [4.78, 5) is 29.6. The van der Waals surface area contributed by atoms with E-state index in [1.54, 1.807) is 63.2 Å². The van der Waals surface area contributed by atoms with E-state index in [0.717, 1.165) is 19.5 Å². The minimum atomic E-state index is -1.49. The average Bonchev–Trinajstić information content (AvgIpc) is 3.00. The van der Waals surface area contributed by atoms with E-state index in [2.05, 4.69) is 4.90 Å². The van der Waals surface area contributed by atoms with E-state index in [-0.39, 0.29) is 43.6 Å². The smallest absolute Gasteiger partial charge is 0.410 e. The molecule has 0 radical (unpaired) electrons. The first-order valence-electron chi connectivity index (χ1n) is 17.1. The summed E-state index contributed by atoms with van der Waals surface area (Å²) in [7, 11) is 3.66. The number of amides is 1. The van der Waals surface area contributed by atoms with E-state index < -0.39 is 53.6 Å². The molecule has 0 aromatic rings. The minimum Gasteiger partial charge on any atom is -0.457 e. The van der Waals surface area contributed by atoms with Crippen LogP contribution in [0.2, 0.25) is 0 Å². The number of aliphatic hydroxyl groups is 4. The lowest BCUT2D eigenvalue weighted by atomic mass is 9.81. The Bertz CT molecular complexity index is 1080. The number of piperazine rings is 1. The summed E-state index contributed by atoms with van der Waals surface area (Å²) in [6.07, 6.45) is 5.35. The van der Waals surface area contributed by atoms with Gasteiger partial charge in [-0.1, -0.05) is 52.0 Å². The van der Waals surface area contributed by atoms with Gasteiger partial charge in [0, 0.05) is 45.6 Å². The number of nitrogens with zero attached hydrogens (tertiary/aromatic N) is 2. The molecular weight excluding hydrogens is 604 g/mol. The molecule has 0 aromatic carbocycles. The summed E-state index contributed by atoms with van der Waals surface area (Å²) in [5.41, 5.74) is -2.11. The van der Waals surface area contributed by atoms with Gasteiger partial charge in [0.15, 0.2) is 6.10 Å². The van der Waals surface area contributed by atoms with Gasteiger partial charge in [0.2, 0.25) is 0 Å². The normalized spacial score (nSPS) is 31.9. The van der Waals surface area contributed by atoms with Gasteiger partial charge in [-0.25, -0.2) is 4.79 Å². The largest absolute Gasteiger partial charge is 0.457 e. The van der Waals surface area contributed by atoms with Crippen LogP contribution in [0.1, 0.15) is 80.6 Å². The fourth-order valence-electron chi connectivity index (χ4n) is 6.24. The first-order valence-corrected chi connectivity index (χ1v) is 17.1. The number of rotatable bonds is 11. The number of likely N-dealkylation sites (N-methyl/N-ethyl adjacent to an activating group) is 1. The standard InChI is InChI=1S/C36H62N2O9/c1-10-30(45-9)27(5)26(4)29(40)23-35(6,43)16-11-12-24(2)33-25(3)13-14-31(46-34(42)38-20-18-37(8)19-21-38)36(7,44)17-15-28(39)22-32(41)47-33/h11-14,16,25-31,33,39-40,43-44H,10,15,17-23H2,1-9H3/b14-13+,16-11+,24-12+. The zero-order valence-corrected chi connectivity index (χ0v) is 30.1. The molecule has 0 saturated carbocycles. The van der Waals surface area contributed by atoms with Crippen LogP contribution in [0.15, 0.2) is 36.0 Å². The Morgan fingerprint density at radius 2 is 1.85 bits per heavy atom. The Kier molecular flexibility index (Phi) is 16.1. The van der Waals surface area contributed by atoms with Gasteiger partial charge < -0.3 is 44.4 Å². The Morgan fingerprint density at radius 1 is 1.21 bits per heavy atom. The number of hydrogen-bond donors (Lipinski definition) is 4. The summed E-state index contributed by atoms with van der Waals surface area (Å²) in [6, 6.07) is 0. The molecule has 11 nitrogen and oxygen atoms in total.